The van der Waals surface area contributed by atoms with Crippen LogP contribution in [0.5, 0.6) is 0 Å². The third-order valence-corrected chi connectivity index (χ3v) is 12.4. The molecule has 5 nitrogen and oxygen atoms in total. The first kappa shape index (κ1) is 30.7. The van der Waals surface area contributed by atoms with E-state index in [1.165, 1.54) is 5.56 Å². The second-order valence-electron chi connectivity index (χ2n) is 13.2. The van der Waals surface area contributed by atoms with Crippen molar-refractivity contribution in [3.63, 3.8) is 0 Å². The van der Waals surface area contributed by atoms with Crippen LogP contribution in [-0.2, 0) is 25.2 Å². The SMILES string of the molecule is CCC[C@@H](C(C)=O)C(Cc1ccccc1)N1CC(CO[Si](C)(C)C(C)(C)C)CC1C(=O)OC(C)(C)C. The van der Waals surface area contributed by atoms with Crippen LogP contribution in [-0.4, -0.2) is 55.8 Å². The van der Waals surface area contributed by atoms with Gasteiger partial charge in [-0.2, -0.15) is 0 Å². The Labute approximate surface area is 221 Å². The molecule has 0 N–H and O–H groups in total. The fourth-order valence-electron chi connectivity index (χ4n) is 4.91. The quantitative estimate of drug-likeness (QED) is 0.243. The molecule has 36 heavy (non-hydrogen) atoms. The number of ketones is 1. The number of nitrogens with zero attached hydrogens (tertiary/aromatic N) is 1. The van der Waals surface area contributed by atoms with Crippen LogP contribution in [0.2, 0.25) is 18.1 Å². The molecule has 0 spiro atoms. The number of hydrogen-bond donors (Lipinski definition) is 0. The highest BCUT2D eigenvalue weighted by Gasteiger charge is 2.46. The van der Waals surface area contributed by atoms with Crippen LogP contribution in [0.15, 0.2) is 30.3 Å². The molecule has 6 heteroatoms. The number of carbonyl (C=O) groups is 2. The van der Waals surface area contributed by atoms with Gasteiger partial charge in [0.1, 0.15) is 17.4 Å². The topological polar surface area (TPSA) is 55.8 Å². The van der Waals surface area contributed by atoms with E-state index in [0.717, 1.165) is 25.8 Å². The molecule has 2 rings (SSSR count). The zero-order valence-electron chi connectivity index (χ0n) is 24.5. The first-order chi connectivity index (χ1) is 16.6. The number of esters is 1. The van der Waals surface area contributed by atoms with Crippen molar-refractivity contribution in [3.8, 4) is 0 Å². The highest BCUT2D eigenvalue weighted by Crippen LogP contribution is 2.38. The third-order valence-electron chi connectivity index (χ3n) is 7.89. The summed E-state index contributed by atoms with van der Waals surface area (Å²) in [5, 5.41) is 0.132. The normalized spacial score (nSPS) is 21.3. The minimum Gasteiger partial charge on any atom is -0.459 e. The van der Waals surface area contributed by atoms with E-state index < -0.39 is 13.9 Å². The Bertz CT molecular complexity index is 856. The molecule has 0 bridgehead atoms. The molecule has 0 aliphatic carbocycles. The minimum absolute atomic E-state index is 0.0553. The van der Waals surface area contributed by atoms with Crippen molar-refractivity contribution in [2.45, 2.75) is 117 Å². The van der Waals surface area contributed by atoms with Gasteiger partial charge in [-0.1, -0.05) is 64.4 Å². The van der Waals surface area contributed by atoms with E-state index >= 15 is 0 Å². The van der Waals surface area contributed by atoms with Crippen LogP contribution < -0.4 is 0 Å². The van der Waals surface area contributed by atoms with Crippen molar-refractivity contribution in [2.24, 2.45) is 11.8 Å². The fraction of sp³-hybridized carbons (Fsp3) is 0.733. The zero-order chi connectivity index (χ0) is 27.3. The number of likely N-dealkylation sites (tertiary alicyclic amines) is 1. The lowest BCUT2D eigenvalue weighted by Crippen LogP contribution is -2.51. The molecule has 3 unspecified atom stereocenters. The maximum absolute atomic E-state index is 13.5. The smallest absolute Gasteiger partial charge is 0.323 e. The Morgan fingerprint density at radius 2 is 1.69 bits per heavy atom. The highest BCUT2D eigenvalue weighted by atomic mass is 28.4. The van der Waals surface area contributed by atoms with Gasteiger partial charge in [0.05, 0.1) is 0 Å². The monoisotopic (exact) mass is 517 g/mol. The zero-order valence-corrected chi connectivity index (χ0v) is 25.5. The first-order valence-corrected chi connectivity index (χ1v) is 16.6. The van der Waals surface area contributed by atoms with Gasteiger partial charge in [-0.3, -0.25) is 14.5 Å². The molecule has 4 atom stereocenters. The molecule has 1 aromatic carbocycles. The van der Waals surface area contributed by atoms with E-state index in [1.54, 1.807) is 6.92 Å². The second kappa shape index (κ2) is 12.4. The van der Waals surface area contributed by atoms with Crippen LogP contribution in [0.4, 0.5) is 0 Å². The summed E-state index contributed by atoms with van der Waals surface area (Å²) in [6.45, 7) is 22.3. The van der Waals surface area contributed by atoms with Crippen molar-refractivity contribution in [3.05, 3.63) is 35.9 Å². The fourth-order valence-corrected chi connectivity index (χ4v) is 5.99. The summed E-state index contributed by atoms with van der Waals surface area (Å²) >= 11 is 0. The van der Waals surface area contributed by atoms with Gasteiger partial charge in [-0.15, -0.1) is 0 Å². The summed E-state index contributed by atoms with van der Waals surface area (Å²) in [5.41, 5.74) is 0.630. The molecular formula is C30H51NO4Si. The van der Waals surface area contributed by atoms with Crippen LogP contribution in [0.1, 0.15) is 80.2 Å². The van der Waals surface area contributed by atoms with Gasteiger partial charge in [-0.05, 0) is 76.6 Å². The molecule has 1 heterocycles. The molecule has 1 saturated heterocycles. The van der Waals surface area contributed by atoms with Gasteiger partial charge in [0.15, 0.2) is 8.32 Å². The Morgan fingerprint density at radius 1 is 1.08 bits per heavy atom. The van der Waals surface area contributed by atoms with Crippen molar-refractivity contribution < 1.29 is 18.8 Å². The van der Waals surface area contributed by atoms with Gasteiger partial charge in [0.2, 0.25) is 0 Å². The molecule has 204 valence electrons. The average Bonchev–Trinajstić information content (AvgIpc) is 3.18. The van der Waals surface area contributed by atoms with Crippen molar-refractivity contribution in [2.75, 3.05) is 13.2 Å². The van der Waals surface area contributed by atoms with Gasteiger partial charge in [0.25, 0.3) is 0 Å². The van der Waals surface area contributed by atoms with Crippen LogP contribution >= 0.6 is 0 Å². The van der Waals surface area contributed by atoms with Crippen molar-refractivity contribution in [1.29, 1.82) is 0 Å². The maximum Gasteiger partial charge on any atom is 0.323 e. The summed E-state index contributed by atoms with van der Waals surface area (Å²) in [7, 11) is -1.91. The predicted octanol–water partition coefficient (Wildman–Crippen LogP) is 6.66. The molecule has 0 amide bonds. The summed E-state index contributed by atoms with van der Waals surface area (Å²) in [5.74, 6) is 0.111. The third kappa shape index (κ3) is 8.52. The minimum atomic E-state index is -1.91. The molecule has 0 saturated carbocycles. The van der Waals surface area contributed by atoms with E-state index in [0.29, 0.717) is 13.0 Å². The first-order valence-electron chi connectivity index (χ1n) is 13.7. The van der Waals surface area contributed by atoms with E-state index in [9.17, 15) is 9.59 Å². The van der Waals surface area contributed by atoms with Gasteiger partial charge >= 0.3 is 5.97 Å². The molecule has 0 aromatic heterocycles. The summed E-state index contributed by atoms with van der Waals surface area (Å²) in [6.07, 6.45) is 3.18. The van der Waals surface area contributed by atoms with E-state index in [1.807, 2.05) is 39.0 Å². The van der Waals surface area contributed by atoms with Crippen molar-refractivity contribution >= 4 is 20.1 Å². The summed E-state index contributed by atoms with van der Waals surface area (Å²) in [6, 6.07) is 9.91. The maximum atomic E-state index is 13.5. The molecule has 1 aliphatic rings. The molecule has 0 radical (unpaired) electrons. The van der Waals surface area contributed by atoms with E-state index in [2.05, 4.69) is 57.8 Å². The molecular weight excluding hydrogens is 466 g/mol. The standard InChI is InChI=1S/C30H51NO4Si/c1-11-15-25(22(2)32)26(18-23-16-13-12-14-17-23)31-20-24(21-34-36(9,10)30(6,7)8)19-27(31)28(33)35-29(3,4)5/h12-14,16-17,24-27H,11,15,18-21H2,1-10H3/t24?,25-,26?,27?/m0/s1. The lowest BCUT2D eigenvalue weighted by molar-refractivity contribution is -0.162. The summed E-state index contributed by atoms with van der Waals surface area (Å²) < 4.78 is 12.5. The number of rotatable bonds is 11. The molecule has 1 fully saturated rings. The molecule has 1 aliphatic heterocycles. The summed E-state index contributed by atoms with van der Waals surface area (Å²) in [4.78, 5) is 28.7. The number of carbonyl (C=O) groups excluding carboxylic acids is 2. The van der Waals surface area contributed by atoms with Gasteiger partial charge in [-0.25, -0.2) is 0 Å². The Hall–Kier alpha value is -1.50. The van der Waals surface area contributed by atoms with Crippen LogP contribution in [0, 0.1) is 11.8 Å². The lowest BCUT2D eigenvalue weighted by atomic mass is 9.85. The van der Waals surface area contributed by atoms with Crippen molar-refractivity contribution in [1.82, 2.24) is 4.90 Å². The largest absolute Gasteiger partial charge is 0.459 e. The number of benzene rings is 1. The second-order valence-corrected chi connectivity index (χ2v) is 18.0. The lowest BCUT2D eigenvalue weighted by Gasteiger charge is -2.38. The predicted molar refractivity (Wildman–Crippen MR) is 151 cm³/mol. The Morgan fingerprint density at radius 3 is 2.19 bits per heavy atom. The van der Waals surface area contributed by atoms with Gasteiger partial charge in [0, 0.05) is 25.1 Å². The van der Waals surface area contributed by atoms with E-state index in [4.69, 9.17) is 9.16 Å². The van der Waals surface area contributed by atoms with Gasteiger partial charge < -0.3 is 9.16 Å². The number of hydrogen-bond acceptors (Lipinski definition) is 5. The number of ether oxygens (including phenoxy) is 1. The average molecular weight is 518 g/mol. The molecule has 1 aromatic rings. The van der Waals surface area contributed by atoms with Crippen LogP contribution in [0.3, 0.4) is 0 Å². The van der Waals surface area contributed by atoms with E-state index in [-0.39, 0.29) is 40.7 Å². The Balaban J connectivity index is 2.40. The Kier molecular flexibility index (Phi) is 10.5. The van der Waals surface area contributed by atoms with Crippen LogP contribution in [0.25, 0.3) is 0 Å². The highest BCUT2D eigenvalue weighted by molar-refractivity contribution is 6.74. The number of Topliss-reactive ketones (excluding diaryl/α,β-unsaturated/α-hetero) is 1.